The number of fused-ring (bicyclic) bond motifs is 2. The molecule has 2 aromatic heterocycles. The van der Waals surface area contributed by atoms with Crippen LogP contribution in [-0.2, 0) is 0 Å². The first kappa shape index (κ1) is 23.8. The third-order valence-electron chi connectivity index (χ3n) is 5.97. The fraction of sp³-hybridized carbons (Fsp3) is 0.333. The van der Waals surface area contributed by atoms with Crippen LogP contribution in [0.4, 0.5) is 20.4 Å². The van der Waals surface area contributed by atoms with Gasteiger partial charge in [-0.25, -0.2) is 18.7 Å². The molecule has 0 saturated heterocycles. The van der Waals surface area contributed by atoms with E-state index in [4.69, 9.17) is 0 Å². The van der Waals surface area contributed by atoms with E-state index >= 15 is 0 Å². The van der Waals surface area contributed by atoms with Gasteiger partial charge in [0, 0.05) is 36.3 Å². The summed E-state index contributed by atoms with van der Waals surface area (Å²) in [5, 5.41) is 10.4. The Bertz CT molecular complexity index is 1140. The molecule has 34 heavy (non-hydrogen) atoms. The summed E-state index contributed by atoms with van der Waals surface area (Å²) >= 11 is 0. The van der Waals surface area contributed by atoms with Crippen LogP contribution < -0.4 is 10.6 Å². The van der Waals surface area contributed by atoms with Crippen LogP contribution in [0, 0.1) is 11.6 Å². The maximum Gasteiger partial charge on any atom is 0.133 e. The van der Waals surface area contributed by atoms with E-state index in [1.807, 2.05) is 12.1 Å². The average molecular weight is 464 g/mol. The highest BCUT2D eigenvalue weighted by atomic mass is 19.1. The molecule has 0 fully saturated rings. The van der Waals surface area contributed by atoms with Crippen LogP contribution in [0.2, 0.25) is 0 Å². The fourth-order valence-corrected chi connectivity index (χ4v) is 4.12. The summed E-state index contributed by atoms with van der Waals surface area (Å²) in [4.78, 5) is 11.2. The molecule has 0 saturated carbocycles. The molecule has 0 atom stereocenters. The summed E-state index contributed by atoms with van der Waals surface area (Å²) in [5.41, 5.74) is 0. The van der Waals surface area contributed by atoms with Gasteiger partial charge >= 0.3 is 0 Å². The van der Waals surface area contributed by atoms with E-state index in [0.29, 0.717) is 0 Å². The second-order valence-electron chi connectivity index (χ2n) is 8.62. The highest BCUT2D eigenvalue weighted by Gasteiger charge is 2.05. The number of halogens is 2. The van der Waals surface area contributed by atoms with Crippen LogP contribution in [0.25, 0.3) is 21.5 Å². The van der Waals surface area contributed by atoms with Gasteiger partial charge in [0.15, 0.2) is 0 Å². The Labute approximate surface area is 199 Å². The normalized spacial score (nSPS) is 11.4. The van der Waals surface area contributed by atoms with Gasteiger partial charge in [0.2, 0.25) is 0 Å². The lowest BCUT2D eigenvalue weighted by Crippen LogP contribution is -2.22. The van der Waals surface area contributed by atoms with Gasteiger partial charge in [0.1, 0.15) is 23.3 Å². The topological polar surface area (TPSA) is 53.1 Å². The Morgan fingerprint density at radius 1 is 0.676 bits per heavy atom. The maximum absolute atomic E-state index is 13.4. The number of pyridine rings is 2. The molecule has 0 radical (unpaired) electrons. The van der Waals surface area contributed by atoms with Crippen LogP contribution in [0.1, 0.15) is 25.7 Å². The SMILES string of the molecule is CN(CCCCNc1nccc2cc(F)ccc12)CCCCNc1nccc2cc(F)ccc12. The van der Waals surface area contributed by atoms with E-state index in [1.54, 1.807) is 24.5 Å². The molecule has 0 bridgehead atoms. The molecule has 2 N–H and O–H groups in total. The van der Waals surface area contributed by atoms with Crippen molar-refractivity contribution in [2.24, 2.45) is 0 Å². The molecular formula is C27H31F2N5. The third-order valence-corrected chi connectivity index (χ3v) is 5.97. The summed E-state index contributed by atoms with van der Waals surface area (Å²) < 4.78 is 26.8. The Balaban J connectivity index is 1.10. The van der Waals surface area contributed by atoms with Crippen LogP contribution in [0.3, 0.4) is 0 Å². The molecule has 178 valence electrons. The Morgan fingerprint density at radius 2 is 1.15 bits per heavy atom. The zero-order valence-electron chi connectivity index (χ0n) is 19.5. The standard InChI is InChI=1S/C27H31F2N5/c1-34(16-4-2-12-30-26-24-8-6-22(28)18-20(24)10-14-32-26)17-5-3-13-31-27-25-9-7-23(29)19-21(25)11-15-33-27/h6-11,14-15,18-19H,2-5,12-13,16-17H2,1H3,(H,30,32)(H,31,33). The van der Waals surface area contributed by atoms with Crippen LogP contribution in [0.15, 0.2) is 60.9 Å². The molecule has 0 aliphatic rings. The number of unbranched alkanes of at least 4 members (excludes halogenated alkanes) is 2. The van der Waals surface area contributed by atoms with E-state index in [0.717, 1.165) is 85.0 Å². The van der Waals surface area contributed by atoms with E-state index in [9.17, 15) is 8.78 Å². The molecule has 4 aromatic rings. The monoisotopic (exact) mass is 463 g/mol. The minimum absolute atomic E-state index is 0.231. The van der Waals surface area contributed by atoms with E-state index in [-0.39, 0.29) is 11.6 Å². The summed E-state index contributed by atoms with van der Waals surface area (Å²) in [5.74, 6) is 1.16. The van der Waals surface area contributed by atoms with Gasteiger partial charge in [-0.2, -0.15) is 0 Å². The first-order chi connectivity index (χ1) is 16.6. The van der Waals surface area contributed by atoms with Crippen molar-refractivity contribution in [1.82, 2.24) is 14.9 Å². The summed E-state index contributed by atoms with van der Waals surface area (Å²) in [7, 11) is 2.16. The molecule has 0 aliphatic heterocycles. The van der Waals surface area contributed by atoms with Crippen molar-refractivity contribution in [1.29, 1.82) is 0 Å². The van der Waals surface area contributed by atoms with Gasteiger partial charge in [0.05, 0.1) is 0 Å². The van der Waals surface area contributed by atoms with E-state index < -0.39 is 0 Å². The van der Waals surface area contributed by atoms with Gasteiger partial charge < -0.3 is 15.5 Å². The second-order valence-corrected chi connectivity index (χ2v) is 8.62. The highest BCUT2D eigenvalue weighted by Crippen LogP contribution is 2.23. The quantitative estimate of drug-likeness (QED) is 0.250. The Hall–Kier alpha value is -3.32. The number of hydrogen-bond donors (Lipinski definition) is 2. The Kier molecular flexibility index (Phi) is 8.20. The number of rotatable bonds is 12. The first-order valence-electron chi connectivity index (χ1n) is 11.8. The van der Waals surface area contributed by atoms with E-state index in [2.05, 4.69) is 32.5 Å². The molecule has 4 rings (SSSR count). The molecule has 0 amide bonds. The number of nitrogens with zero attached hydrogens (tertiary/aromatic N) is 3. The summed E-state index contributed by atoms with van der Waals surface area (Å²) in [6.07, 6.45) is 7.69. The summed E-state index contributed by atoms with van der Waals surface area (Å²) in [6.45, 7) is 3.76. The predicted octanol–water partition coefficient (Wildman–Crippen LogP) is 6.08. The lowest BCUT2D eigenvalue weighted by molar-refractivity contribution is 0.321. The first-order valence-corrected chi connectivity index (χ1v) is 11.8. The van der Waals surface area contributed by atoms with Gasteiger partial charge in [-0.3, -0.25) is 0 Å². The molecule has 5 nitrogen and oxygen atoms in total. The zero-order valence-corrected chi connectivity index (χ0v) is 19.5. The molecule has 0 unspecified atom stereocenters. The van der Waals surface area contributed by atoms with Crippen molar-refractivity contribution in [3.05, 3.63) is 72.6 Å². The lowest BCUT2D eigenvalue weighted by Gasteiger charge is -2.17. The highest BCUT2D eigenvalue weighted by molar-refractivity contribution is 5.92. The minimum Gasteiger partial charge on any atom is -0.370 e. The van der Waals surface area contributed by atoms with Crippen molar-refractivity contribution >= 4 is 33.2 Å². The molecule has 0 aliphatic carbocycles. The third kappa shape index (κ3) is 6.38. The number of benzene rings is 2. The van der Waals surface area contributed by atoms with Crippen molar-refractivity contribution in [2.45, 2.75) is 25.7 Å². The van der Waals surface area contributed by atoms with Crippen LogP contribution >= 0.6 is 0 Å². The fourth-order valence-electron chi connectivity index (χ4n) is 4.12. The average Bonchev–Trinajstić information content (AvgIpc) is 2.83. The van der Waals surface area contributed by atoms with E-state index in [1.165, 1.54) is 24.3 Å². The molecule has 2 heterocycles. The van der Waals surface area contributed by atoms with Crippen LogP contribution in [0.5, 0.6) is 0 Å². The largest absolute Gasteiger partial charge is 0.370 e. The smallest absolute Gasteiger partial charge is 0.133 e. The van der Waals surface area contributed by atoms with Gasteiger partial charge in [-0.1, -0.05) is 0 Å². The number of anilines is 2. The number of aromatic nitrogens is 2. The number of hydrogen-bond acceptors (Lipinski definition) is 5. The minimum atomic E-state index is -0.231. The predicted molar refractivity (Wildman–Crippen MR) is 136 cm³/mol. The van der Waals surface area contributed by atoms with Crippen molar-refractivity contribution in [2.75, 3.05) is 43.9 Å². The zero-order chi connectivity index (χ0) is 23.8. The lowest BCUT2D eigenvalue weighted by atomic mass is 10.1. The van der Waals surface area contributed by atoms with Gasteiger partial charge in [0.25, 0.3) is 0 Å². The summed E-state index contributed by atoms with van der Waals surface area (Å²) in [6, 6.07) is 13.2. The molecular weight excluding hydrogens is 432 g/mol. The Morgan fingerprint density at radius 3 is 1.62 bits per heavy atom. The van der Waals surface area contributed by atoms with Crippen LogP contribution in [-0.4, -0.2) is 48.1 Å². The van der Waals surface area contributed by atoms with Gasteiger partial charge in [-0.05, 0) is 105 Å². The maximum atomic E-state index is 13.4. The van der Waals surface area contributed by atoms with Crippen molar-refractivity contribution in [3.63, 3.8) is 0 Å². The van der Waals surface area contributed by atoms with Gasteiger partial charge in [-0.15, -0.1) is 0 Å². The van der Waals surface area contributed by atoms with Crippen molar-refractivity contribution in [3.8, 4) is 0 Å². The molecule has 0 spiro atoms. The second kappa shape index (κ2) is 11.7. The number of nitrogens with one attached hydrogen (secondary N) is 2. The molecule has 2 aromatic carbocycles. The molecule has 7 heteroatoms. The van der Waals surface area contributed by atoms with Crippen molar-refractivity contribution < 1.29 is 8.78 Å².